The number of hydrogen-bond acceptors (Lipinski definition) is 13. The van der Waals surface area contributed by atoms with E-state index in [0.29, 0.717) is 0 Å². The van der Waals surface area contributed by atoms with Crippen LogP contribution in [-0.4, -0.2) is 86.9 Å². The maximum atomic E-state index is 13.6. The summed E-state index contributed by atoms with van der Waals surface area (Å²) in [6.45, 7) is 2.50. The highest BCUT2D eigenvalue weighted by atomic mass is 16.7. The Bertz CT molecular complexity index is 1360. The van der Waals surface area contributed by atoms with E-state index in [1.165, 1.54) is 32.2 Å². The smallest absolute Gasteiger partial charge is 0.202 e. The van der Waals surface area contributed by atoms with Gasteiger partial charge in [-0.1, -0.05) is 12.1 Å². The van der Waals surface area contributed by atoms with Crippen molar-refractivity contribution in [1.29, 1.82) is 0 Å². The molecule has 7 atom stereocenters. The molecule has 0 aromatic heterocycles. The molecule has 1 fully saturated rings. The molecule has 13 heteroatoms. The van der Waals surface area contributed by atoms with Gasteiger partial charge in [0.25, 0.3) is 0 Å². The second-order valence-electron chi connectivity index (χ2n) is 10.4. The van der Waals surface area contributed by atoms with Gasteiger partial charge in [-0.25, -0.2) is 0 Å². The third kappa shape index (κ3) is 5.05. The molecule has 7 unspecified atom stereocenters. The van der Waals surface area contributed by atoms with E-state index in [2.05, 4.69) is 0 Å². The number of benzene rings is 2. The summed E-state index contributed by atoms with van der Waals surface area (Å²) in [6.07, 6.45) is -5.47. The summed E-state index contributed by atoms with van der Waals surface area (Å²) in [6, 6.07) is 3.80. The lowest BCUT2D eigenvalue weighted by molar-refractivity contribution is -0.283. The lowest BCUT2D eigenvalue weighted by Crippen LogP contribution is -2.53. The highest BCUT2D eigenvalue weighted by Crippen LogP contribution is 2.52. The van der Waals surface area contributed by atoms with Crippen LogP contribution in [0.5, 0.6) is 17.2 Å². The molecule has 0 radical (unpaired) electrons. The first-order valence-electron chi connectivity index (χ1n) is 12.9. The van der Waals surface area contributed by atoms with Gasteiger partial charge in [0.15, 0.2) is 12.1 Å². The second-order valence-corrected chi connectivity index (χ2v) is 10.4. The van der Waals surface area contributed by atoms with Gasteiger partial charge in [0.05, 0.1) is 53.8 Å². The minimum atomic E-state index is -1.80. The minimum Gasteiger partial charge on any atom is -0.554 e. The molecule has 1 aliphatic heterocycles. The van der Waals surface area contributed by atoms with Crippen LogP contribution in [-0.2, 0) is 20.7 Å². The van der Waals surface area contributed by atoms with Gasteiger partial charge < -0.3 is 55.4 Å². The number of carboxylic acid groups (broad SMARTS) is 1. The van der Waals surface area contributed by atoms with Gasteiger partial charge in [0.1, 0.15) is 17.2 Å². The predicted molar refractivity (Wildman–Crippen MR) is 137 cm³/mol. The van der Waals surface area contributed by atoms with Gasteiger partial charge in [-0.2, -0.15) is 0 Å². The summed E-state index contributed by atoms with van der Waals surface area (Å²) in [5.74, 6) is -2.44. The van der Waals surface area contributed by atoms with Crippen LogP contribution >= 0.6 is 0 Å². The second kappa shape index (κ2) is 11.4. The van der Waals surface area contributed by atoms with E-state index in [4.69, 9.17) is 29.8 Å². The molecular weight excluding hydrogens is 542 g/mol. The first-order valence-corrected chi connectivity index (χ1v) is 12.9. The van der Waals surface area contributed by atoms with E-state index in [0.717, 1.165) is 0 Å². The van der Waals surface area contributed by atoms with Crippen molar-refractivity contribution < 1.29 is 59.2 Å². The SMILES string of the molecule is COc1cccc2c1C(=O)c1c(O)c3c(c(O)c1C2=O)CC(O)(C(C)O)CC3OC1CC(N)C(O)C(C)O1.O=C[O-]. The van der Waals surface area contributed by atoms with E-state index >= 15 is 0 Å². The molecular formula is C28H32NO12-. The Kier molecular flexibility index (Phi) is 8.41. The summed E-state index contributed by atoms with van der Waals surface area (Å²) < 4.78 is 17.1. The first-order chi connectivity index (χ1) is 19.3. The van der Waals surface area contributed by atoms with Crippen LogP contribution in [0.2, 0.25) is 0 Å². The van der Waals surface area contributed by atoms with E-state index < -0.39 is 83.0 Å². The monoisotopic (exact) mass is 574 g/mol. The van der Waals surface area contributed by atoms with Crippen LogP contribution in [0.15, 0.2) is 18.2 Å². The van der Waals surface area contributed by atoms with Gasteiger partial charge in [-0.05, 0) is 19.9 Å². The minimum absolute atomic E-state index is 0.00187. The molecule has 1 saturated heterocycles. The number of aromatic hydroxyl groups is 2. The number of carbonyl (C=O) groups excluding carboxylic acids is 3. The van der Waals surface area contributed by atoms with Crippen molar-refractivity contribution in [3.05, 3.63) is 51.6 Å². The fourth-order valence-corrected chi connectivity index (χ4v) is 5.74. The number of ketones is 2. The van der Waals surface area contributed by atoms with Gasteiger partial charge in [-0.15, -0.1) is 0 Å². The molecule has 41 heavy (non-hydrogen) atoms. The van der Waals surface area contributed by atoms with Crippen LogP contribution in [0.25, 0.3) is 0 Å². The molecule has 2 aromatic rings. The Hall–Kier alpha value is -3.59. The lowest BCUT2D eigenvalue weighted by Gasteiger charge is -2.43. The fourth-order valence-electron chi connectivity index (χ4n) is 5.74. The van der Waals surface area contributed by atoms with Crippen molar-refractivity contribution in [3.8, 4) is 17.2 Å². The summed E-state index contributed by atoms with van der Waals surface area (Å²) >= 11 is 0. The molecule has 0 saturated carbocycles. The average molecular weight is 575 g/mol. The zero-order chi connectivity index (χ0) is 30.4. The molecule has 7 N–H and O–H groups in total. The van der Waals surface area contributed by atoms with Crippen LogP contribution < -0.4 is 15.6 Å². The Labute approximate surface area is 234 Å². The maximum Gasteiger partial charge on any atom is 0.202 e. The number of ether oxygens (including phenoxy) is 3. The van der Waals surface area contributed by atoms with Crippen LogP contribution in [0, 0.1) is 0 Å². The topological polar surface area (TPSA) is 229 Å². The predicted octanol–water partition coefficient (Wildman–Crippen LogP) is -0.813. The van der Waals surface area contributed by atoms with Crippen LogP contribution in [0.1, 0.15) is 75.8 Å². The number of nitrogens with two attached hydrogens (primary N) is 1. The number of methoxy groups -OCH3 is 1. The zero-order valence-electron chi connectivity index (χ0n) is 22.6. The number of aliphatic hydroxyl groups excluding tert-OH is 2. The first kappa shape index (κ1) is 30.4. The van der Waals surface area contributed by atoms with E-state index in [1.54, 1.807) is 6.92 Å². The number of hydrogen-bond donors (Lipinski definition) is 6. The van der Waals surface area contributed by atoms with Gasteiger partial charge in [0, 0.05) is 48.5 Å². The normalized spacial score (nSPS) is 29.3. The van der Waals surface area contributed by atoms with Crippen molar-refractivity contribution in [2.45, 2.75) is 75.5 Å². The molecule has 0 bridgehead atoms. The third-order valence-corrected chi connectivity index (χ3v) is 7.95. The maximum absolute atomic E-state index is 13.6. The van der Waals surface area contributed by atoms with E-state index in [1.807, 2.05) is 0 Å². The van der Waals surface area contributed by atoms with Crippen molar-refractivity contribution in [2.24, 2.45) is 5.73 Å². The number of fused-ring (bicyclic) bond motifs is 3. The van der Waals surface area contributed by atoms with Gasteiger partial charge >= 0.3 is 0 Å². The number of phenolic OH excluding ortho intramolecular Hbond substituents is 2. The summed E-state index contributed by atoms with van der Waals surface area (Å²) in [5, 5.41) is 63.0. The van der Waals surface area contributed by atoms with Crippen molar-refractivity contribution in [3.63, 3.8) is 0 Å². The van der Waals surface area contributed by atoms with E-state index in [-0.39, 0.29) is 47.3 Å². The average Bonchev–Trinajstić information content (AvgIpc) is 2.92. The summed E-state index contributed by atoms with van der Waals surface area (Å²) in [7, 11) is 1.35. The molecule has 5 rings (SSSR count). The Balaban J connectivity index is 0.00000124. The quantitative estimate of drug-likeness (QED) is 0.166. The third-order valence-electron chi connectivity index (χ3n) is 7.95. The Morgan fingerprint density at radius 2 is 1.80 bits per heavy atom. The van der Waals surface area contributed by atoms with Crippen molar-refractivity contribution >= 4 is 18.0 Å². The number of aliphatic hydroxyl groups is 3. The summed E-state index contributed by atoms with van der Waals surface area (Å²) in [4.78, 5) is 35.4. The van der Waals surface area contributed by atoms with Gasteiger partial charge in [-0.3, -0.25) is 9.59 Å². The number of carbonyl (C=O) groups is 3. The van der Waals surface area contributed by atoms with Crippen molar-refractivity contribution in [2.75, 3.05) is 7.11 Å². The number of rotatable bonds is 4. The molecule has 13 nitrogen and oxygen atoms in total. The fraction of sp³-hybridized carbons (Fsp3) is 0.464. The van der Waals surface area contributed by atoms with Crippen LogP contribution in [0.4, 0.5) is 0 Å². The molecule has 0 amide bonds. The lowest BCUT2D eigenvalue weighted by atomic mass is 9.71. The molecule has 2 aromatic carbocycles. The van der Waals surface area contributed by atoms with Gasteiger partial charge in [0.2, 0.25) is 5.78 Å². The van der Waals surface area contributed by atoms with Crippen LogP contribution in [0.3, 0.4) is 0 Å². The molecule has 0 spiro atoms. The highest BCUT2D eigenvalue weighted by Gasteiger charge is 2.49. The summed E-state index contributed by atoms with van der Waals surface area (Å²) in [5.41, 5.74) is 3.37. The van der Waals surface area contributed by atoms with Crippen molar-refractivity contribution in [1.82, 2.24) is 0 Å². The number of phenols is 2. The highest BCUT2D eigenvalue weighted by molar-refractivity contribution is 6.31. The largest absolute Gasteiger partial charge is 0.554 e. The zero-order valence-corrected chi connectivity index (χ0v) is 22.6. The Morgan fingerprint density at radius 3 is 2.39 bits per heavy atom. The Morgan fingerprint density at radius 1 is 1.17 bits per heavy atom. The van der Waals surface area contributed by atoms with E-state index in [9.17, 15) is 35.1 Å². The molecule has 1 heterocycles. The molecule has 3 aliphatic rings. The molecule has 2 aliphatic carbocycles. The standard InChI is InChI=1S/C27H31NO10.CH2O2/c1-10-22(30)14(28)7-17(37-10)38-16-9-27(35,11(2)29)8-13-19(16)26(34)21-20(24(13)32)23(31)12-5-4-6-15(36-3)18(12)25(21)33;2-1-3/h4-6,10-11,14,16-17,22,29-30,32,34-35H,7-9,28H2,1-3H3;1H,(H,2,3)/p-1. The molecule has 222 valence electrons.